The van der Waals surface area contributed by atoms with Gasteiger partial charge in [0.15, 0.2) is 17.5 Å². The van der Waals surface area contributed by atoms with E-state index >= 15 is 0 Å². The van der Waals surface area contributed by atoms with Crippen LogP contribution in [0.4, 0.5) is 8.78 Å². The van der Waals surface area contributed by atoms with Gasteiger partial charge in [-0.2, -0.15) is 5.10 Å². The Kier molecular flexibility index (Phi) is 5.62. The lowest BCUT2D eigenvalue weighted by atomic mass is 10.1. The Bertz CT molecular complexity index is 1100. The molecule has 0 spiro atoms. The number of amidine groups is 1. The van der Waals surface area contributed by atoms with E-state index in [1.54, 1.807) is 11.3 Å². The summed E-state index contributed by atoms with van der Waals surface area (Å²) in [5, 5.41) is 9.02. The lowest BCUT2D eigenvalue weighted by Crippen LogP contribution is -2.33. The Morgan fingerprint density at radius 2 is 1.93 bits per heavy atom. The summed E-state index contributed by atoms with van der Waals surface area (Å²) in [5.74, 6) is -1.24. The number of halogens is 2. The third kappa shape index (κ3) is 4.17. The van der Waals surface area contributed by atoms with Crippen LogP contribution in [0.2, 0.25) is 0 Å². The summed E-state index contributed by atoms with van der Waals surface area (Å²) in [7, 11) is 0. The van der Waals surface area contributed by atoms with E-state index in [1.165, 1.54) is 22.7 Å². The van der Waals surface area contributed by atoms with Crippen LogP contribution in [0, 0.1) is 32.4 Å². The molecule has 1 N–H and O–H groups in total. The number of nitrogens with one attached hydrogen (secondary N) is 1. The number of aliphatic imine (C=N–C) groups is 1. The molecule has 0 radical (unpaired) electrons. The van der Waals surface area contributed by atoms with E-state index in [0.717, 1.165) is 33.8 Å². The van der Waals surface area contributed by atoms with Gasteiger partial charge in [-0.3, -0.25) is 9.83 Å². The fourth-order valence-corrected chi connectivity index (χ4v) is 4.75. The molecule has 2 aromatic heterocycles. The van der Waals surface area contributed by atoms with Gasteiger partial charge in [-0.25, -0.2) is 14.3 Å². The maximum Gasteiger partial charge on any atom is 0.159 e. The van der Waals surface area contributed by atoms with Crippen molar-refractivity contribution in [1.82, 2.24) is 15.7 Å². The first-order valence-electron chi connectivity index (χ1n) is 8.91. The summed E-state index contributed by atoms with van der Waals surface area (Å²) >= 11 is 2.88. The molecular formula is C20H18F2N4OS2. The molecule has 0 saturated carbocycles. The van der Waals surface area contributed by atoms with Gasteiger partial charge in [0.05, 0.1) is 11.3 Å². The fraction of sp³-hybridized carbons (Fsp3) is 0.250. The lowest BCUT2D eigenvalue weighted by Gasteiger charge is -2.23. The molecule has 9 heteroatoms. The molecule has 3 heterocycles. The third-order valence-electron chi connectivity index (χ3n) is 4.55. The summed E-state index contributed by atoms with van der Waals surface area (Å²) in [6.45, 7) is 6.27. The number of aromatic nitrogens is 2. The highest BCUT2D eigenvalue weighted by Gasteiger charge is 2.25. The highest BCUT2D eigenvalue weighted by Crippen LogP contribution is 2.34. The second kappa shape index (κ2) is 8.17. The van der Waals surface area contributed by atoms with E-state index in [0.29, 0.717) is 22.4 Å². The van der Waals surface area contributed by atoms with Gasteiger partial charge >= 0.3 is 0 Å². The molecule has 1 atom stereocenters. The van der Waals surface area contributed by atoms with Gasteiger partial charge in [-0.1, -0.05) is 11.8 Å². The predicted molar refractivity (Wildman–Crippen MR) is 109 cm³/mol. The minimum atomic E-state index is -0.905. The van der Waals surface area contributed by atoms with E-state index < -0.39 is 11.6 Å². The van der Waals surface area contributed by atoms with Gasteiger partial charge in [0.1, 0.15) is 17.7 Å². The Balaban J connectivity index is 1.74. The lowest BCUT2D eigenvalue weighted by molar-refractivity contribution is 0.0627. The Morgan fingerprint density at radius 1 is 1.10 bits per heavy atom. The SMILES string of the molecule is Cc1ccc(C2CONC(c3c(Sc4ccc(F)c(F)c4)nnc(C)c3C)=N2)s1. The van der Waals surface area contributed by atoms with Gasteiger partial charge in [0.2, 0.25) is 0 Å². The first-order chi connectivity index (χ1) is 13.9. The predicted octanol–water partition coefficient (Wildman–Crippen LogP) is 4.92. The monoisotopic (exact) mass is 432 g/mol. The number of hydrogen-bond acceptors (Lipinski definition) is 7. The highest BCUT2D eigenvalue weighted by atomic mass is 32.2. The summed E-state index contributed by atoms with van der Waals surface area (Å²) in [5.41, 5.74) is 5.29. The van der Waals surface area contributed by atoms with Crippen LogP contribution in [-0.4, -0.2) is 22.6 Å². The fourth-order valence-electron chi connectivity index (χ4n) is 2.89. The molecule has 1 unspecified atom stereocenters. The minimum absolute atomic E-state index is 0.126. The van der Waals surface area contributed by atoms with Gasteiger partial charge in [-0.05, 0) is 56.7 Å². The summed E-state index contributed by atoms with van der Waals surface area (Å²) < 4.78 is 26.9. The number of hydrogen-bond donors (Lipinski definition) is 1. The second-order valence-electron chi connectivity index (χ2n) is 6.62. The largest absolute Gasteiger partial charge is 0.272 e. The van der Waals surface area contributed by atoms with Crippen molar-refractivity contribution < 1.29 is 13.6 Å². The quantitative estimate of drug-likeness (QED) is 0.634. The molecule has 29 heavy (non-hydrogen) atoms. The smallest absolute Gasteiger partial charge is 0.159 e. The molecule has 0 bridgehead atoms. The average molecular weight is 433 g/mol. The van der Waals surface area contributed by atoms with E-state index in [1.807, 2.05) is 13.8 Å². The average Bonchev–Trinajstić information content (AvgIpc) is 3.14. The molecule has 0 amide bonds. The second-order valence-corrected chi connectivity index (χ2v) is 9.01. The number of rotatable bonds is 4. The third-order valence-corrected chi connectivity index (χ3v) is 6.62. The van der Waals surface area contributed by atoms with Crippen LogP contribution in [0.25, 0.3) is 0 Å². The van der Waals surface area contributed by atoms with Crippen LogP contribution in [-0.2, 0) is 4.84 Å². The molecule has 1 aliphatic rings. The van der Waals surface area contributed by atoms with Crippen LogP contribution in [0.5, 0.6) is 0 Å². The van der Waals surface area contributed by atoms with Crippen molar-refractivity contribution in [3.8, 4) is 0 Å². The van der Waals surface area contributed by atoms with Crippen LogP contribution >= 0.6 is 23.1 Å². The van der Waals surface area contributed by atoms with Crippen molar-refractivity contribution in [3.05, 3.63) is 68.5 Å². The molecule has 150 valence electrons. The molecule has 3 aromatic rings. The molecule has 0 aliphatic carbocycles. The van der Waals surface area contributed by atoms with Gasteiger partial charge < -0.3 is 0 Å². The van der Waals surface area contributed by atoms with E-state index in [2.05, 4.69) is 34.7 Å². The van der Waals surface area contributed by atoms with Crippen molar-refractivity contribution >= 4 is 28.9 Å². The van der Waals surface area contributed by atoms with Crippen LogP contribution in [0.3, 0.4) is 0 Å². The van der Waals surface area contributed by atoms with E-state index in [-0.39, 0.29) is 6.04 Å². The summed E-state index contributed by atoms with van der Waals surface area (Å²) in [6, 6.07) is 7.74. The van der Waals surface area contributed by atoms with Crippen molar-refractivity contribution in [2.45, 2.75) is 36.7 Å². The molecule has 0 fully saturated rings. The van der Waals surface area contributed by atoms with Crippen LogP contribution in [0.15, 0.2) is 45.2 Å². The zero-order valence-electron chi connectivity index (χ0n) is 16.0. The standard InChI is InChI=1S/C20H18F2N4OS2/c1-10-4-7-17(28-10)16-9-27-26-19(23-16)18-11(2)12(3)24-25-20(18)29-13-5-6-14(21)15(22)8-13/h4-8,16H,9H2,1-3H3,(H,23,26). The number of thiophene rings is 1. The summed E-state index contributed by atoms with van der Waals surface area (Å²) in [4.78, 5) is 13.3. The summed E-state index contributed by atoms with van der Waals surface area (Å²) in [6.07, 6.45) is 0. The molecular weight excluding hydrogens is 414 g/mol. The van der Waals surface area contributed by atoms with Gasteiger partial charge in [-0.15, -0.1) is 16.4 Å². The van der Waals surface area contributed by atoms with E-state index in [4.69, 9.17) is 9.83 Å². The van der Waals surface area contributed by atoms with Crippen molar-refractivity contribution in [3.63, 3.8) is 0 Å². The van der Waals surface area contributed by atoms with Gasteiger partial charge in [0.25, 0.3) is 0 Å². The zero-order valence-corrected chi connectivity index (χ0v) is 17.6. The van der Waals surface area contributed by atoms with Crippen molar-refractivity contribution in [2.75, 3.05) is 6.61 Å². The number of benzene rings is 1. The van der Waals surface area contributed by atoms with E-state index in [9.17, 15) is 8.78 Å². The molecule has 5 nitrogen and oxygen atoms in total. The maximum absolute atomic E-state index is 13.6. The number of aryl methyl sites for hydroxylation is 2. The van der Waals surface area contributed by atoms with Gasteiger partial charge in [0, 0.05) is 14.6 Å². The zero-order chi connectivity index (χ0) is 20.5. The molecule has 1 aliphatic heterocycles. The Labute approximate surface area is 175 Å². The van der Waals surface area contributed by atoms with Crippen molar-refractivity contribution in [1.29, 1.82) is 0 Å². The topological polar surface area (TPSA) is 59.4 Å². The van der Waals surface area contributed by atoms with Crippen LogP contribution in [0.1, 0.15) is 32.6 Å². The maximum atomic E-state index is 13.6. The first kappa shape index (κ1) is 19.9. The normalized spacial score (nSPS) is 16.4. The molecule has 4 rings (SSSR count). The minimum Gasteiger partial charge on any atom is -0.272 e. The highest BCUT2D eigenvalue weighted by molar-refractivity contribution is 7.99. The van der Waals surface area contributed by atoms with Crippen LogP contribution < -0.4 is 5.48 Å². The Morgan fingerprint density at radius 3 is 2.66 bits per heavy atom. The number of hydroxylamine groups is 1. The number of nitrogens with zero attached hydrogens (tertiary/aromatic N) is 3. The first-order valence-corrected chi connectivity index (χ1v) is 10.5. The molecule has 0 saturated heterocycles. The molecule has 1 aromatic carbocycles. The Hall–Kier alpha value is -2.36. The van der Waals surface area contributed by atoms with Crippen molar-refractivity contribution in [2.24, 2.45) is 4.99 Å².